The summed E-state index contributed by atoms with van der Waals surface area (Å²) in [6, 6.07) is 38.7. The normalized spacial score (nSPS) is 11.5. The molecule has 2 unspecified atom stereocenters. The molecule has 0 amide bonds. The third-order valence-corrected chi connectivity index (χ3v) is 15.0. The molecule has 9 aromatic rings. The maximum atomic E-state index is 12.8. The van der Waals surface area contributed by atoms with E-state index in [0.29, 0.717) is 125 Å². The van der Waals surface area contributed by atoms with Gasteiger partial charge in [0.2, 0.25) is 0 Å². The van der Waals surface area contributed by atoms with Crippen LogP contribution in [0.25, 0.3) is 60.5 Å². The molecule has 448 valence electrons. The monoisotopic (exact) mass is 1280 g/mol. The molecule has 86 heavy (non-hydrogen) atoms. The van der Waals surface area contributed by atoms with Gasteiger partial charge in [-0.25, -0.2) is 0 Å². The van der Waals surface area contributed by atoms with E-state index in [2.05, 4.69) is 6.92 Å². The largest absolute Gasteiger partial charge is 1.00 e. The Kier molecular flexibility index (Phi) is 34.8. The summed E-state index contributed by atoms with van der Waals surface area (Å²) in [5.41, 5.74) is -0.0348. The van der Waals surface area contributed by atoms with Crippen molar-refractivity contribution in [3.05, 3.63) is 165 Å². The van der Waals surface area contributed by atoms with Crippen molar-refractivity contribution in [3.8, 4) is 17.2 Å². The number of benzene rings is 6. The number of rotatable bonds is 29. The summed E-state index contributed by atoms with van der Waals surface area (Å²) < 4.78 is 79.7. The van der Waals surface area contributed by atoms with E-state index in [4.69, 9.17) is 65.5 Å². The van der Waals surface area contributed by atoms with E-state index in [9.17, 15) is 29.4 Å². The van der Waals surface area contributed by atoms with Gasteiger partial charge in [-0.15, -0.1) is 46.6 Å². The van der Waals surface area contributed by atoms with E-state index >= 15 is 0 Å². The molecule has 3 N–H and O–H groups in total. The Hall–Kier alpha value is -4.88. The molecule has 0 saturated carbocycles. The number of fused-ring (bicyclic) bond motifs is 6. The third kappa shape index (κ3) is 24.9. The number of carbonyl (C=O) groups is 1. The van der Waals surface area contributed by atoms with Crippen LogP contribution < -0.4 is 94.7 Å². The fourth-order valence-corrected chi connectivity index (χ4v) is 10.9. The van der Waals surface area contributed by atoms with Crippen molar-refractivity contribution in [2.75, 3.05) is 106 Å². The molecule has 6 aromatic carbocycles. The van der Waals surface area contributed by atoms with Crippen molar-refractivity contribution < 1.29 is 140 Å². The second-order valence-electron chi connectivity index (χ2n) is 17.7. The first-order valence-corrected chi connectivity index (χ1v) is 29.7. The molecule has 0 fully saturated rings. The van der Waals surface area contributed by atoms with Gasteiger partial charge < -0.3 is 74.8 Å². The van der Waals surface area contributed by atoms with Gasteiger partial charge in [-0.1, -0.05) is 36.4 Å². The summed E-state index contributed by atoms with van der Waals surface area (Å²) >= 11 is 4.70. The predicted octanol–water partition coefficient (Wildman–Crippen LogP) is 0.172. The summed E-state index contributed by atoms with van der Waals surface area (Å²) in [7, 11) is -3.11. The number of aliphatic hydroxyl groups is 3. The van der Waals surface area contributed by atoms with Crippen molar-refractivity contribution >= 4 is 111 Å². The first-order valence-electron chi connectivity index (χ1n) is 26.2. The molecule has 0 spiro atoms. The van der Waals surface area contributed by atoms with Crippen LogP contribution in [0.15, 0.2) is 142 Å². The van der Waals surface area contributed by atoms with E-state index in [-0.39, 0.29) is 95.2 Å². The maximum absolute atomic E-state index is 12.8. The van der Waals surface area contributed by atoms with Crippen LogP contribution in [-0.2, 0) is 43.8 Å². The van der Waals surface area contributed by atoms with E-state index in [0.717, 1.165) is 39.0 Å². The maximum Gasteiger partial charge on any atom is 1.00 e. The van der Waals surface area contributed by atoms with Crippen molar-refractivity contribution in [1.82, 2.24) is 0 Å². The van der Waals surface area contributed by atoms with Crippen molar-refractivity contribution in [3.63, 3.8) is 0 Å². The predicted molar refractivity (Wildman–Crippen MR) is 322 cm³/mol. The smallest absolute Gasteiger partial charge is 0.550 e. The van der Waals surface area contributed by atoms with Gasteiger partial charge in [0, 0.05) is 72.9 Å². The van der Waals surface area contributed by atoms with Crippen LogP contribution in [0.2, 0.25) is 0 Å². The molecule has 0 aliphatic heterocycles. The number of carbonyl (C=O) groups excluding carboxylic acids is 1. The van der Waals surface area contributed by atoms with Gasteiger partial charge in [0.05, 0.1) is 98.6 Å². The van der Waals surface area contributed by atoms with Crippen LogP contribution in [0.1, 0.15) is 6.42 Å². The van der Waals surface area contributed by atoms with Crippen LogP contribution >= 0.6 is 34.0 Å². The number of aliphatic hydroxyl groups excluding tert-OH is 3. The van der Waals surface area contributed by atoms with Crippen molar-refractivity contribution in [1.29, 1.82) is 0 Å². The van der Waals surface area contributed by atoms with Gasteiger partial charge in [-0.3, -0.25) is 14.4 Å². The zero-order valence-electron chi connectivity index (χ0n) is 47.4. The average molecular weight is 1280 g/mol. The molecular weight excluding hydrogens is 1210 g/mol. The Morgan fingerprint density at radius 2 is 0.733 bits per heavy atom. The van der Waals surface area contributed by atoms with Crippen LogP contribution in [0.5, 0.6) is 17.2 Å². The summed E-state index contributed by atoms with van der Waals surface area (Å²) in [6.07, 6.45) is -2.42. The molecule has 0 radical (unpaired) electrons. The van der Waals surface area contributed by atoms with E-state index in [1.165, 1.54) is 11.3 Å². The Labute approximate surface area is 552 Å². The topological polar surface area (TPSA) is 286 Å². The first-order chi connectivity index (χ1) is 40.7. The van der Waals surface area contributed by atoms with Crippen LogP contribution in [0.4, 0.5) is 0 Å². The summed E-state index contributed by atoms with van der Waals surface area (Å²) in [4.78, 5) is 48.2. The molecule has 0 aliphatic carbocycles. The minimum atomic E-state index is -3.11. The number of carboxylic acids is 1. The van der Waals surface area contributed by atoms with Gasteiger partial charge in [-0.05, 0) is 97.1 Å². The number of aliphatic carboxylic acids is 1. The minimum Gasteiger partial charge on any atom is -0.550 e. The molecule has 20 nitrogen and oxygen atoms in total. The van der Waals surface area contributed by atoms with Crippen LogP contribution in [0.3, 0.4) is 0 Å². The van der Waals surface area contributed by atoms with Crippen LogP contribution in [0, 0.1) is 6.92 Å². The van der Waals surface area contributed by atoms with E-state index in [1.807, 2.05) is 84.9 Å². The number of hydrogen-bond acceptors (Lipinski definition) is 23. The molecule has 2 atom stereocenters. The number of hydrogen-bond donors (Lipinski definition) is 3. The SMILES string of the molecule is O=C([O-])CC(O)COc1ccc2sc3ccccc3c(=O)c2c1.O=S(=O)=O.O=c1c2ccccc2sc2ccc(OCCOCCOCCOCCOCCOCCOCCO)cc12.[CH2-]C(O)COc1ccc2sc3ccccc3c(=O)c2c1.[Na+].[Na+]. The van der Waals surface area contributed by atoms with Gasteiger partial charge in [0.1, 0.15) is 30.5 Å². The summed E-state index contributed by atoms with van der Waals surface area (Å²) in [5.74, 6) is 0.299. The zero-order valence-corrected chi connectivity index (χ0v) is 54.7. The third-order valence-electron chi connectivity index (χ3n) is 11.5. The number of ether oxygens (including phenoxy) is 9. The van der Waals surface area contributed by atoms with Gasteiger partial charge in [0.15, 0.2) is 16.3 Å². The summed E-state index contributed by atoms with van der Waals surface area (Å²) in [6.45, 7) is 9.42. The second kappa shape index (κ2) is 40.6. The van der Waals surface area contributed by atoms with Crippen LogP contribution in [-0.4, -0.2) is 152 Å². The quantitative estimate of drug-likeness (QED) is 0.0244. The Morgan fingerprint density at radius 3 is 1.06 bits per heavy atom. The number of carboxylic acid groups (broad SMARTS) is 1. The van der Waals surface area contributed by atoms with Crippen molar-refractivity contribution in [2.24, 2.45) is 0 Å². The Morgan fingerprint density at radius 1 is 0.442 bits per heavy atom. The average Bonchev–Trinajstić information content (AvgIpc) is 3.04. The molecule has 3 aromatic heterocycles. The van der Waals surface area contributed by atoms with E-state index in [1.54, 1.807) is 65.1 Å². The molecule has 26 heteroatoms. The molecule has 0 bridgehead atoms. The summed E-state index contributed by atoms with van der Waals surface area (Å²) in [5, 5.41) is 41.6. The molecule has 0 saturated heterocycles. The fraction of sp³-hybridized carbons (Fsp3) is 0.317. The molecule has 9 rings (SSSR count). The minimum absolute atomic E-state index is 0. The van der Waals surface area contributed by atoms with Gasteiger partial charge in [-0.2, -0.15) is 0 Å². The van der Waals surface area contributed by atoms with Crippen molar-refractivity contribution in [2.45, 2.75) is 18.6 Å². The Bertz CT molecular complexity index is 3840. The molecule has 0 aliphatic rings. The second-order valence-corrected chi connectivity index (χ2v) is 21.4. The fourth-order valence-electron chi connectivity index (χ4n) is 7.74. The Balaban J connectivity index is 0.000000278. The van der Waals surface area contributed by atoms with Gasteiger partial charge >= 0.3 is 69.7 Å². The van der Waals surface area contributed by atoms with Gasteiger partial charge in [0.25, 0.3) is 0 Å². The molecule has 3 heterocycles. The zero-order chi connectivity index (χ0) is 60.1. The molecular formula is C60H62Na2O20S4. The standard InChI is InChI=1S/C27H36O9S.C17H14O5S.C16H13O3S.2Na.O3S/c28-7-8-30-9-10-31-11-12-32-13-14-33-15-16-34-17-18-35-19-20-36-22-5-6-26-24(21-22)27(29)23-3-1-2-4-25(23)37-26;18-10(7-16(19)20)9-22-11-5-6-15-13(8-11)17(21)12-3-1-2-4-14(12)23-15;1-10(17)9-19-11-6-7-15-13(8-11)16(18)12-4-2-3-5-14(12)20-15;;;1-4(2)3/h1-6,21,28H,7-20H2;1-6,8,10,18H,7,9H2,(H,19,20);2-8,10,17H,1,9H2;;;/q;;-1;2*+1;/p-1. The van der Waals surface area contributed by atoms with E-state index < -0.39 is 35.2 Å². The first kappa shape index (κ1) is 73.6.